The molecule has 27 heavy (non-hydrogen) atoms. The van der Waals surface area contributed by atoms with Crippen molar-refractivity contribution in [3.63, 3.8) is 0 Å². The highest BCUT2D eigenvalue weighted by molar-refractivity contribution is 14.1. The van der Waals surface area contributed by atoms with Gasteiger partial charge >= 0.3 is 5.97 Å². The molecule has 0 aromatic rings. The molecule has 1 atom stereocenters. The maximum absolute atomic E-state index is 12.1. The van der Waals surface area contributed by atoms with Crippen LogP contribution in [0.15, 0.2) is 0 Å². The summed E-state index contributed by atoms with van der Waals surface area (Å²) in [5.74, 6) is 0.205. The summed E-state index contributed by atoms with van der Waals surface area (Å²) in [5, 5.41) is 0. The molecule has 1 amide bonds. The Kier molecular flexibility index (Phi) is 15.1. The molecule has 0 bridgehead atoms. The van der Waals surface area contributed by atoms with E-state index in [1.165, 1.54) is 57.8 Å². The average Bonchev–Trinajstić information content (AvgIpc) is 3.17. The van der Waals surface area contributed by atoms with Crippen molar-refractivity contribution in [3.8, 4) is 0 Å². The number of hydrogen-bond acceptors (Lipinski definition) is 4. The van der Waals surface area contributed by atoms with Crippen LogP contribution in [0.25, 0.3) is 0 Å². The summed E-state index contributed by atoms with van der Waals surface area (Å²) in [6, 6.07) is 0. The minimum atomic E-state index is -0.101. The van der Waals surface area contributed by atoms with Gasteiger partial charge in [-0.2, -0.15) is 0 Å². The first kappa shape index (κ1) is 24.7. The normalized spacial score (nSPS) is 16.7. The Labute approximate surface area is 179 Å². The fourth-order valence-electron chi connectivity index (χ4n) is 3.66. The van der Waals surface area contributed by atoms with Crippen LogP contribution >= 0.6 is 23.0 Å². The number of carbonyl (C=O) groups is 2. The first-order valence-corrected chi connectivity index (χ1v) is 11.7. The molecule has 1 aliphatic heterocycles. The van der Waals surface area contributed by atoms with Crippen molar-refractivity contribution in [2.24, 2.45) is 0 Å². The molecular formula is C21H38INO4. The second-order valence-corrected chi connectivity index (χ2v) is 8.12. The van der Waals surface area contributed by atoms with Crippen LogP contribution in [0.4, 0.5) is 0 Å². The molecule has 1 saturated heterocycles. The smallest absolute Gasteiger partial charge is 0.315 e. The zero-order chi connectivity index (χ0) is 19.7. The summed E-state index contributed by atoms with van der Waals surface area (Å²) in [6.07, 6.45) is 17.1. The van der Waals surface area contributed by atoms with Crippen LogP contribution in [0.1, 0.15) is 96.3 Å². The van der Waals surface area contributed by atoms with E-state index in [4.69, 9.17) is 4.74 Å². The van der Waals surface area contributed by atoms with Gasteiger partial charge < -0.3 is 12.7 Å². The van der Waals surface area contributed by atoms with Crippen molar-refractivity contribution in [1.29, 1.82) is 0 Å². The van der Waals surface area contributed by atoms with Crippen LogP contribution in [0.5, 0.6) is 0 Å². The van der Waals surface area contributed by atoms with Gasteiger partial charge in [-0.25, -0.2) is 0 Å². The highest BCUT2D eigenvalue weighted by Crippen LogP contribution is 2.16. The molecular weight excluding hydrogens is 457 g/mol. The summed E-state index contributed by atoms with van der Waals surface area (Å²) < 4.78 is 9.92. The van der Waals surface area contributed by atoms with Crippen LogP contribution in [0, 0.1) is 0 Å². The summed E-state index contributed by atoms with van der Waals surface area (Å²) in [5.41, 5.74) is 0. The van der Waals surface area contributed by atoms with Gasteiger partial charge in [0.1, 0.15) is 0 Å². The molecule has 0 aliphatic carbocycles. The van der Waals surface area contributed by atoms with Gasteiger partial charge in [-0.1, -0.05) is 64.2 Å². The maximum atomic E-state index is 12.1. The Hall–Kier alpha value is -0.370. The van der Waals surface area contributed by atoms with E-state index in [0.717, 1.165) is 38.8 Å². The molecule has 1 rings (SSSR count). The molecule has 0 unspecified atom stereocenters. The number of unbranched alkanes of at least 4 members (excludes halogenated alkanes) is 11. The number of nitrogens with zero attached hydrogens (tertiary/aromatic N) is 1. The van der Waals surface area contributed by atoms with Crippen LogP contribution in [0.3, 0.4) is 0 Å². The molecule has 0 aromatic heterocycles. The minimum Gasteiger partial charge on any atom is -0.394 e. The van der Waals surface area contributed by atoms with E-state index in [1.807, 2.05) is 4.90 Å². The minimum absolute atomic E-state index is 0.101. The number of likely N-dealkylation sites (tertiary alicyclic amines) is 1. The van der Waals surface area contributed by atoms with E-state index in [1.54, 1.807) is 30.1 Å². The second-order valence-electron chi connectivity index (χ2n) is 7.68. The Bertz CT molecular complexity index is 406. The highest BCUT2D eigenvalue weighted by atomic mass is 127. The molecule has 0 saturated carbocycles. The quantitative estimate of drug-likeness (QED) is 0.207. The van der Waals surface area contributed by atoms with Gasteiger partial charge in [0.15, 0.2) is 23.0 Å². The summed E-state index contributed by atoms with van der Waals surface area (Å²) in [6.45, 7) is 1.64. The van der Waals surface area contributed by atoms with Crippen molar-refractivity contribution >= 4 is 34.9 Å². The van der Waals surface area contributed by atoms with Gasteiger partial charge in [-0.05, 0) is 19.3 Å². The van der Waals surface area contributed by atoms with Crippen molar-refractivity contribution < 1.29 is 17.4 Å². The van der Waals surface area contributed by atoms with Gasteiger partial charge in [0.05, 0.1) is 6.10 Å². The number of hydrogen-bond donors (Lipinski definition) is 0. The first-order chi connectivity index (χ1) is 13.2. The van der Waals surface area contributed by atoms with Crippen LogP contribution in [-0.2, 0) is 17.4 Å². The zero-order valence-corrected chi connectivity index (χ0v) is 19.2. The van der Waals surface area contributed by atoms with E-state index < -0.39 is 0 Å². The highest BCUT2D eigenvalue weighted by Gasteiger charge is 2.25. The number of rotatable bonds is 16. The summed E-state index contributed by atoms with van der Waals surface area (Å²) in [4.78, 5) is 25.0. The number of halogens is 1. The predicted octanol–water partition coefficient (Wildman–Crippen LogP) is 5.59. The fraction of sp³-hybridized carbons (Fsp3) is 0.905. The monoisotopic (exact) mass is 495 g/mol. The molecule has 6 heteroatoms. The first-order valence-electron chi connectivity index (χ1n) is 10.8. The van der Waals surface area contributed by atoms with E-state index in [-0.39, 0.29) is 12.1 Å². The van der Waals surface area contributed by atoms with Gasteiger partial charge in [0.2, 0.25) is 5.91 Å². The topological polar surface area (TPSA) is 55.8 Å². The van der Waals surface area contributed by atoms with E-state index in [2.05, 4.69) is 3.07 Å². The van der Waals surface area contributed by atoms with E-state index in [9.17, 15) is 9.59 Å². The third-order valence-electron chi connectivity index (χ3n) is 5.44. The van der Waals surface area contributed by atoms with Crippen LogP contribution in [-0.4, -0.2) is 43.1 Å². The number of amides is 1. The third kappa shape index (κ3) is 12.7. The molecule has 158 valence electrons. The zero-order valence-electron chi connectivity index (χ0n) is 17.1. The Morgan fingerprint density at radius 2 is 1.33 bits per heavy atom. The molecule has 5 nitrogen and oxygen atoms in total. The van der Waals surface area contributed by atoms with Gasteiger partial charge in [0.25, 0.3) is 0 Å². The summed E-state index contributed by atoms with van der Waals surface area (Å²) >= 11 is 1.65. The molecule has 0 aromatic carbocycles. The van der Waals surface area contributed by atoms with Gasteiger partial charge in [-0.3, -0.25) is 9.59 Å². The lowest BCUT2D eigenvalue weighted by Crippen LogP contribution is -2.29. The van der Waals surface area contributed by atoms with Crippen molar-refractivity contribution in [3.05, 3.63) is 0 Å². The largest absolute Gasteiger partial charge is 0.394 e. The van der Waals surface area contributed by atoms with Crippen molar-refractivity contribution in [1.82, 2.24) is 4.90 Å². The van der Waals surface area contributed by atoms with Crippen LogP contribution < -0.4 is 0 Å². The average molecular weight is 495 g/mol. The SMILES string of the molecule is CO[C@H]1CCN(C(=O)CCCCCCCCCCCCCCC(=O)OI)C1. The number of ether oxygens (including phenoxy) is 1. The molecule has 0 spiro atoms. The summed E-state index contributed by atoms with van der Waals surface area (Å²) in [7, 11) is 1.73. The van der Waals surface area contributed by atoms with Crippen molar-refractivity contribution in [2.45, 2.75) is 102 Å². The Balaban J connectivity index is 1.78. The van der Waals surface area contributed by atoms with Crippen LogP contribution in [0.2, 0.25) is 0 Å². The standard InChI is InChI=1S/C21H38INO4/c1-26-19-16-17-23(18-19)20(24)14-12-10-8-6-4-2-3-5-7-9-11-13-15-21(25)27-22/h19H,2-18H2,1H3/t19-/m0/s1. The van der Waals surface area contributed by atoms with E-state index in [0.29, 0.717) is 18.7 Å². The molecule has 1 heterocycles. The van der Waals surface area contributed by atoms with Gasteiger partial charge in [-0.15, -0.1) is 0 Å². The predicted molar refractivity (Wildman–Crippen MR) is 117 cm³/mol. The third-order valence-corrected chi connectivity index (χ3v) is 5.93. The lowest BCUT2D eigenvalue weighted by Gasteiger charge is -2.15. The number of methoxy groups -OCH3 is 1. The number of carbonyl (C=O) groups excluding carboxylic acids is 2. The maximum Gasteiger partial charge on any atom is 0.315 e. The van der Waals surface area contributed by atoms with Crippen molar-refractivity contribution in [2.75, 3.05) is 20.2 Å². The Morgan fingerprint density at radius 1 is 0.852 bits per heavy atom. The van der Waals surface area contributed by atoms with E-state index >= 15 is 0 Å². The van der Waals surface area contributed by atoms with Gasteiger partial charge in [0, 0.05) is 33.0 Å². The molecule has 0 radical (unpaired) electrons. The molecule has 1 aliphatic rings. The molecule has 0 N–H and O–H groups in total. The fourth-order valence-corrected chi connectivity index (χ4v) is 3.88. The second kappa shape index (κ2) is 16.6. The lowest BCUT2D eigenvalue weighted by molar-refractivity contribution is -0.132. The molecule has 1 fully saturated rings. The lowest BCUT2D eigenvalue weighted by atomic mass is 10.0. The Morgan fingerprint density at radius 3 is 1.78 bits per heavy atom.